The van der Waals surface area contributed by atoms with Gasteiger partial charge in [-0.25, -0.2) is 9.59 Å². The molecule has 2 unspecified atom stereocenters. The van der Waals surface area contributed by atoms with Crippen molar-refractivity contribution in [3.8, 4) is 0 Å². The van der Waals surface area contributed by atoms with Gasteiger partial charge in [0.05, 0.1) is 0 Å². The molecule has 0 bridgehead atoms. The first kappa shape index (κ1) is 12.5. The number of carboxylic acid groups (broad SMARTS) is 1. The van der Waals surface area contributed by atoms with Gasteiger partial charge in [-0.3, -0.25) is 0 Å². The monoisotopic (exact) mass is 226 g/mol. The zero-order chi connectivity index (χ0) is 12.0. The highest BCUT2D eigenvalue weighted by atomic mass is 16.4. The van der Waals surface area contributed by atoms with Crippen molar-refractivity contribution in [2.75, 3.05) is 0 Å². The van der Waals surface area contributed by atoms with E-state index in [1.54, 1.807) is 6.92 Å². The summed E-state index contributed by atoms with van der Waals surface area (Å²) in [6, 6.07) is -1.08. The molecule has 0 radical (unpaired) electrons. The number of carbonyl (C=O) groups is 2. The molecule has 0 aromatic carbocycles. The van der Waals surface area contributed by atoms with Crippen molar-refractivity contribution < 1.29 is 14.7 Å². The maximum absolute atomic E-state index is 11.5. The quantitative estimate of drug-likeness (QED) is 0.631. The Bertz CT molecular complexity index is 289. The van der Waals surface area contributed by atoms with Crippen molar-refractivity contribution in [3.05, 3.63) is 12.2 Å². The third-order valence-corrected chi connectivity index (χ3v) is 2.62. The van der Waals surface area contributed by atoms with E-state index in [4.69, 9.17) is 5.11 Å². The lowest BCUT2D eigenvalue weighted by atomic mass is 10.0. The van der Waals surface area contributed by atoms with Gasteiger partial charge in [0, 0.05) is 6.04 Å². The van der Waals surface area contributed by atoms with Crippen molar-refractivity contribution in [1.29, 1.82) is 0 Å². The van der Waals surface area contributed by atoms with Crippen LogP contribution in [0.25, 0.3) is 0 Å². The second-order valence-corrected chi connectivity index (χ2v) is 3.90. The van der Waals surface area contributed by atoms with E-state index >= 15 is 0 Å². The average molecular weight is 226 g/mol. The van der Waals surface area contributed by atoms with Crippen LogP contribution in [0.4, 0.5) is 4.79 Å². The summed E-state index contributed by atoms with van der Waals surface area (Å²) < 4.78 is 0. The van der Waals surface area contributed by atoms with Gasteiger partial charge in [-0.1, -0.05) is 19.1 Å². The van der Waals surface area contributed by atoms with Crippen LogP contribution in [0.5, 0.6) is 0 Å². The third kappa shape index (κ3) is 3.92. The van der Waals surface area contributed by atoms with Crippen LogP contribution in [0.3, 0.4) is 0 Å². The van der Waals surface area contributed by atoms with Crippen LogP contribution < -0.4 is 10.6 Å². The number of amides is 2. The first-order valence-corrected chi connectivity index (χ1v) is 5.58. The van der Waals surface area contributed by atoms with Gasteiger partial charge in [-0.2, -0.15) is 0 Å². The topological polar surface area (TPSA) is 78.4 Å². The molecule has 3 N–H and O–H groups in total. The van der Waals surface area contributed by atoms with Gasteiger partial charge >= 0.3 is 12.0 Å². The number of hydrogen-bond donors (Lipinski definition) is 3. The summed E-state index contributed by atoms with van der Waals surface area (Å²) in [5.74, 6) is -0.999. The van der Waals surface area contributed by atoms with E-state index in [1.807, 2.05) is 6.08 Å². The smallest absolute Gasteiger partial charge is 0.326 e. The first-order valence-electron chi connectivity index (χ1n) is 5.58. The highest BCUT2D eigenvalue weighted by Crippen LogP contribution is 2.10. The first-order chi connectivity index (χ1) is 7.63. The van der Waals surface area contributed by atoms with Crippen molar-refractivity contribution in [2.45, 2.75) is 44.7 Å². The number of urea groups is 1. The minimum Gasteiger partial charge on any atom is -0.480 e. The van der Waals surface area contributed by atoms with Gasteiger partial charge in [0.2, 0.25) is 0 Å². The molecular formula is C11H18N2O3. The molecule has 0 saturated carbocycles. The second-order valence-electron chi connectivity index (χ2n) is 3.90. The molecule has 1 aliphatic rings. The predicted octanol–water partition coefficient (Wildman–Crippen LogP) is 1.26. The van der Waals surface area contributed by atoms with Gasteiger partial charge in [0.1, 0.15) is 6.04 Å². The Hall–Kier alpha value is -1.52. The largest absolute Gasteiger partial charge is 0.480 e. The molecule has 5 heteroatoms. The molecule has 0 fully saturated rings. The van der Waals surface area contributed by atoms with Crippen LogP contribution in [0.2, 0.25) is 0 Å². The summed E-state index contributed by atoms with van der Waals surface area (Å²) >= 11 is 0. The fourth-order valence-electron chi connectivity index (χ4n) is 1.65. The fraction of sp³-hybridized carbons (Fsp3) is 0.636. The molecule has 0 heterocycles. The Morgan fingerprint density at radius 3 is 2.75 bits per heavy atom. The number of hydrogen-bond acceptors (Lipinski definition) is 2. The number of carbonyl (C=O) groups excluding carboxylic acids is 1. The molecule has 0 aliphatic heterocycles. The number of aliphatic carboxylic acids is 1. The molecule has 2 atom stereocenters. The Labute approximate surface area is 94.9 Å². The minimum absolute atomic E-state index is 0.122. The van der Waals surface area contributed by atoms with Gasteiger partial charge in [-0.05, 0) is 25.7 Å². The summed E-state index contributed by atoms with van der Waals surface area (Å²) in [6.45, 7) is 1.72. The molecule has 1 aliphatic carbocycles. The van der Waals surface area contributed by atoms with E-state index in [1.165, 1.54) is 0 Å². The Morgan fingerprint density at radius 1 is 1.50 bits per heavy atom. The third-order valence-electron chi connectivity index (χ3n) is 2.62. The normalized spacial score (nSPS) is 21.2. The van der Waals surface area contributed by atoms with E-state index in [0.29, 0.717) is 6.42 Å². The van der Waals surface area contributed by atoms with E-state index < -0.39 is 18.0 Å². The number of nitrogens with one attached hydrogen (secondary N) is 2. The molecule has 90 valence electrons. The lowest BCUT2D eigenvalue weighted by Gasteiger charge is -2.21. The summed E-state index contributed by atoms with van der Waals surface area (Å²) in [6.07, 6.45) is 7.19. The van der Waals surface area contributed by atoms with Crippen molar-refractivity contribution in [3.63, 3.8) is 0 Å². The average Bonchev–Trinajstić information content (AvgIpc) is 2.27. The van der Waals surface area contributed by atoms with Crippen LogP contribution in [-0.4, -0.2) is 29.2 Å². The highest BCUT2D eigenvalue weighted by Gasteiger charge is 2.19. The highest BCUT2D eigenvalue weighted by molar-refractivity contribution is 5.82. The Morgan fingerprint density at radius 2 is 2.25 bits per heavy atom. The number of carboxylic acids is 1. The van der Waals surface area contributed by atoms with Gasteiger partial charge in [-0.15, -0.1) is 0 Å². The van der Waals surface area contributed by atoms with E-state index in [2.05, 4.69) is 16.7 Å². The fourth-order valence-corrected chi connectivity index (χ4v) is 1.65. The standard InChI is InChI=1S/C11H18N2O3/c1-2-9(10(14)15)13-11(16)12-8-6-4-3-5-7-8/h3-4,8-9H,2,5-7H2,1H3,(H,14,15)(H2,12,13,16). The molecule has 16 heavy (non-hydrogen) atoms. The maximum Gasteiger partial charge on any atom is 0.326 e. The summed E-state index contributed by atoms with van der Waals surface area (Å²) in [5, 5.41) is 14.0. The Balaban J connectivity index is 2.34. The molecule has 0 saturated heterocycles. The number of allylic oxidation sites excluding steroid dienone is 1. The van der Waals surface area contributed by atoms with Gasteiger partial charge < -0.3 is 15.7 Å². The SMILES string of the molecule is CCC(NC(=O)NC1CC=CCC1)C(=O)O. The van der Waals surface area contributed by atoms with Crippen molar-refractivity contribution >= 4 is 12.0 Å². The molecule has 0 aromatic rings. The molecule has 0 spiro atoms. The van der Waals surface area contributed by atoms with Gasteiger partial charge in [0.25, 0.3) is 0 Å². The van der Waals surface area contributed by atoms with E-state index in [9.17, 15) is 9.59 Å². The molecule has 0 aromatic heterocycles. The lowest BCUT2D eigenvalue weighted by Crippen LogP contribution is -2.48. The van der Waals surface area contributed by atoms with Crippen LogP contribution >= 0.6 is 0 Å². The summed E-state index contributed by atoms with van der Waals surface area (Å²) in [4.78, 5) is 22.2. The van der Waals surface area contributed by atoms with Gasteiger partial charge in [0.15, 0.2) is 0 Å². The van der Waals surface area contributed by atoms with E-state index in [0.717, 1.165) is 19.3 Å². The van der Waals surface area contributed by atoms with Crippen molar-refractivity contribution in [2.24, 2.45) is 0 Å². The maximum atomic E-state index is 11.5. The van der Waals surface area contributed by atoms with E-state index in [-0.39, 0.29) is 6.04 Å². The predicted molar refractivity (Wildman–Crippen MR) is 60.2 cm³/mol. The van der Waals surface area contributed by atoms with Crippen LogP contribution in [0.15, 0.2) is 12.2 Å². The zero-order valence-corrected chi connectivity index (χ0v) is 9.40. The molecule has 2 amide bonds. The Kier molecular flexibility index (Phi) is 4.82. The van der Waals surface area contributed by atoms with Crippen molar-refractivity contribution in [1.82, 2.24) is 10.6 Å². The van der Waals surface area contributed by atoms with Crippen LogP contribution in [0, 0.1) is 0 Å². The van der Waals surface area contributed by atoms with Crippen LogP contribution in [0.1, 0.15) is 32.6 Å². The molecule has 5 nitrogen and oxygen atoms in total. The molecule has 1 rings (SSSR count). The summed E-state index contributed by atoms with van der Waals surface area (Å²) in [7, 11) is 0. The minimum atomic E-state index is -0.999. The summed E-state index contributed by atoms with van der Waals surface area (Å²) in [5.41, 5.74) is 0. The number of rotatable bonds is 4. The van der Waals surface area contributed by atoms with Crippen LogP contribution in [-0.2, 0) is 4.79 Å². The molecular weight excluding hydrogens is 208 g/mol. The zero-order valence-electron chi connectivity index (χ0n) is 9.40. The second kappa shape index (κ2) is 6.15. The lowest BCUT2D eigenvalue weighted by molar-refractivity contribution is -0.139.